The number of para-hydroxylation sites is 2. The van der Waals surface area contributed by atoms with E-state index in [1.54, 1.807) is 42.5 Å². The van der Waals surface area contributed by atoms with Crippen LogP contribution in [0.5, 0.6) is 0 Å². The van der Waals surface area contributed by atoms with Gasteiger partial charge in [-0.3, -0.25) is 9.59 Å². The van der Waals surface area contributed by atoms with Gasteiger partial charge in [0.05, 0.1) is 47.5 Å². The Morgan fingerprint density at radius 2 is 1.13 bits per heavy atom. The second-order valence-electron chi connectivity index (χ2n) is 15.6. The standard InChI is InChI=1S/C20H15FN2O2S.C15H20BNO3.C11H7BrFNOS/c1-11-9-14-12(2)23-25-17(14)10-13(11)18-7-8-19(26-18)20(24)22-16-6-4-3-5-15(16)21;1-9-7-11-10(2)17-18-13(11)8-12(9)16-19-14(3,4)15(5,6)20-16;12-10-6-5-9(16-10)11(15)14-8-4-2-1-3-7(8)13/h3-10H,1-2H3,(H,22,24);7-8H,1-6H3;1-6H,(H,14,15). The predicted molar refractivity (Wildman–Crippen MR) is 247 cm³/mol. The lowest BCUT2D eigenvalue weighted by Gasteiger charge is -2.32. The summed E-state index contributed by atoms with van der Waals surface area (Å²) in [6.07, 6.45) is 0. The molecule has 8 aromatic rings. The van der Waals surface area contributed by atoms with Crippen LogP contribution in [0.4, 0.5) is 20.2 Å². The van der Waals surface area contributed by atoms with Gasteiger partial charge in [-0.1, -0.05) is 40.1 Å². The van der Waals surface area contributed by atoms with Crippen molar-refractivity contribution in [3.8, 4) is 10.4 Å². The van der Waals surface area contributed by atoms with E-state index in [0.717, 1.165) is 58.6 Å². The highest BCUT2D eigenvalue weighted by Crippen LogP contribution is 2.38. The molecule has 1 aliphatic heterocycles. The summed E-state index contributed by atoms with van der Waals surface area (Å²) in [5, 5.41) is 15.1. The molecule has 4 aromatic carbocycles. The molecule has 0 bridgehead atoms. The fourth-order valence-corrected chi connectivity index (χ4v) is 8.73. The maximum atomic E-state index is 13.7. The highest BCUT2D eigenvalue weighted by atomic mass is 79.9. The normalized spacial score (nSPS) is 14.0. The van der Waals surface area contributed by atoms with E-state index in [2.05, 4.69) is 77.6 Å². The molecule has 5 heterocycles. The quantitative estimate of drug-likeness (QED) is 0.158. The number of anilines is 2. The van der Waals surface area contributed by atoms with Crippen LogP contribution >= 0.6 is 38.6 Å². The average Bonchev–Trinajstić information content (AvgIpc) is 4.07. The molecule has 1 aliphatic rings. The molecule has 318 valence electrons. The van der Waals surface area contributed by atoms with Crippen LogP contribution in [0.2, 0.25) is 0 Å². The summed E-state index contributed by atoms with van der Waals surface area (Å²) in [5.74, 6) is -1.53. The number of hydrogen-bond acceptors (Lipinski definition) is 10. The van der Waals surface area contributed by atoms with Crippen LogP contribution in [0.1, 0.15) is 69.6 Å². The molecule has 16 heteroatoms. The molecule has 0 aliphatic carbocycles. The van der Waals surface area contributed by atoms with Gasteiger partial charge >= 0.3 is 7.12 Å². The Bertz CT molecular complexity index is 2930. The monoisotopic (exact) mass is 938 g/mol. The highest BCUT2D eigenvalue weighted by molar-refractivity contribution is 9.11. The minimum absolute atomic E-state index is 0.169. The lowest BCUT2D eigenvalue weighted by atomic mass is 9.76. The molecule has 4 aromatic heterocycles. The first-order chi connectivity index (χ1) is 29.4. The lowest BCUT2D eigenvalue weighted by molar-refractivity contribution is 0.00578. The third-order valence-corrected chi connectivity index (χ3v) is 13.4. The highest BCUT2D eigenvalue weighted by Gasteiger charge is 2.52. The molecule has 0 spiro atoms. The number of fused-ring (bicyclic) bond motifs is 2. The van der Waals surface area contributed by atoms with Crippen molar-refractivity contribution in [2.75, 3.05) is 10.6 Å². The number of rotatable bonds is 6. The Morgan fingerprint density at radius 1 is 0.645 bits per heavy atom. The van der Waals surface area contributed by atoms with Crippen molar-refractivity contribution >= 4 is 96.3 Å². The largest absolute Gasteiger partial charge is 0.495 e. The van der Waals surface area contributed by atoms with Gasteiger partial charge in [-0.25, -0.2) is 8.78 Å². The van der Waals surface area contributed by atoms with Crippen LogP contribution in [0.25, 0.3) is 32.4 Å². The predicted octanol–water partition coefficient (Wildman–Crippen LogP) is 12.2. The van der Waals surface area contributed by atoms with Crippen LogP contribution in [-0.2, 0) is 9.31 Å². The number of nitrogens with one attached hydrogen (secondary N) is 2. The minimum atomic E-state index is -0.459. The van der Waals surface area contributed by atoms with Gasteiger partial charge in [-0.15, -0.1) is 22.7 Å². The molecule has 0 atom stereocenters. The molecule has 9 rings (SSSR count). The van der Waals surface area contributed by atoms with E-state index in [4.69, 9.17) is 18.4 Å². The number of aromatic nitrogens is 2. The van der Waals surface area contributed by atoms with Gasteiger partial charge in [0.25, 0.3) is 11.8 Å². The van der Waals surface area contributed by atoms with Gasteiger partial charge in [0.2, 0.25) is 0 Å². The van der Waals surface area contributed by atoms with Gasteiger partial charge in [0.1, 0.15) is 11.6 Å². The van der Waals surface area contributed by atoms with E-state index < -0.39 is 11.6 Å². The number of halogens is 3. The summed E-state index contributed by atoms with van der Waals surface area (Å²) in [4.78, 5) is 26.1. The fraction of sp³-hybridized carbons (Fsp3) is 0.217. The molecule has 1 saturated heterocycles. The number of hydrogen-bond donors (Lipinski definition) is 2. The number of carbonyl (C=O) groups is 2. The van der Waals surface area contributed by atoms with E-state index in [-0.39, 0.29) is 41.5 Å². The topological polar surface area (TPSA) is 129 Å². The summed E-state index contributed by atoms with van der Waals surface area (Å²) < 4.78 is 50.7. The van der Waals surface area contributed by atoms with Crippen LogP contribution in [-0.4, -0.2) is 40.4 Å². The molecule has 62 heavy (non-hydrogen) atoms. The third-order valence-electron chi connectivity index (χ3n) is 10.7. The van der Waals surface area contributed by atoms with Crippen molar-refractivity contribution in [3.05, 3.63) is 145 Å². The molecule has 2 N–H and O–H groups in total. The number of thiophene rings is 2. The number of amides is 2. The summed E-state index contributed by atoms with van der Waals surface area (Å²) in [6.45, 7) is 16.1. The van der Waals surface area contributed by atoms with Crippen LogP contribution in [0.3, 0.4) is 0 Å². The first-order valence-corrected chi connectivity index (χ1v) is 21.9. The van der Waals surface area contributed by atoms with Crippen LogP contribution in [0.15, 0.2) is 110 Å². The molecule has 0 saturated carbocycles. The first kappa shape index (κ1) is 44.5. The maximum Gasteiger partial charge on any atom is 0.495 e. The second kappa shape index (κ2) is 18.1. The molecular weight excluding hydrogens is 897 g/mol. The second-order valence-corrected chi connectivity index (χ2v) is 19.2. The molecule has 10 nitrogen and oxygen atoms in total. The van der Waals surface area contributed by atoms with Crippen molar-refractivity contribution < 1.29 is 36.7 Å². The average molecular weight is 940 g/mol. The van der Waals surface area contributed by atoms with E-state index >= 15 is 0 Å². The van der Waals surface area contributed by atoms with Crippen molar-refractivity contribution in [1.29, 1.82) is 0 Å². The summed E-state index contributed by atoms with van der Waals surface area (Å²) >= 11 is 5.92. The van der Waals surface area contributed by atoms with Crippen LogP contribution in [0, 0.1) is 39.3 Å². The summed E-state index contributed by atoms with van der Waals surface area (Å²) in [5.41, 5.74) is 7.14. The Morgan fingerprint density at radius 3 is 1.65 bits per heavy atom. The first-order valence-electron chi connectivity index (χ1n) is 19.5. The Labute approximate surface area is 373 Å². The van der Waals surface area contributed by atoms with Gasteiger partial charge in [-0.05, 0) is 161 Å². The summed E-state index contributed by atoms with van der Waals surface area (Å²) in [7, 11) is -0.366. The molecule has 1 fully saturated rings. The lowest BCUT2D eigenvalue weighted by Crippen LogP contribution is -2.41. The molecule has 0 radical (unpaired) electrons. The number of aryl methyl sites for hydroxylation is 4. The zero-order chi connectivity index (χ0) is 44.5. The SMILES string of the molecule is Cc1cc2c(C)noc2cc1-c1ccc(C(=O)Nc2ccccc2F)s1.Cc1cc2c(C)noc2cc1B1OC(C)(C)C(C)(C)O1.O=C(Nc1ccccc1F)c1ccc(Br)s1. The number of benzene rings is 4. The summed E-state index contributed by atoms with van der Waals surface area (Å²) in [6, 6.07) is 27.3. The zero-order valence-electron chi connectivity index (χ0n) is 35.1. The van der Waals surface area contributed by atoms with Crippen molar-refractivity contribution in [3.63, 3.8) is 0 Å². The van der Waals surface area contributed by atoms with Gasteiger partial charge in [0, 0.05) is 15.6 Å². The smallest absolute Gasteiger partial charge is 0.399 e. The molecule has 0 unspecified atom stereocenters. The van der Waals surface area contributed by atoms with Crippen LogP contribution < -0.4 is 16.1 Å². The zero-order valence-corrected chi connectivity index (χ0v) is 38.3. The number of carbonyl (C=O) groups excluding carboxylic acids is 2. The van der Waals surface area contributed by atoms with Crippen molar-refractivity contribution in [2.24, 2.45) is 0 Å². The van der Waals surface area contributed by atoms with E-state index in [0.29, 0.717) is 15.3 Å². The van der Waals surface area contributed by atoms with Gasteiger partial charge in [-0.2, -0.15) is 0 Å². The van der Waals surface area contributed by atoms with Crippen molar-refractivity contribution in [1.82, 2.24) is 10.3 Å². The maximum absolute atomic E-state index is 13.7. The third kappa shape index (κ3) is 9.59. The Kier molecular flexibility index (Phi) is 13.0. The fourth-order valence-electron chi connectivity index (χ4n) is 6.47. The van der Waals surface area contributed by atoms with Gasteiger partial charge < -0.3 is 29.0 Å². The molecular formula is C46H42BBrF2N4O6S2. The van der Waals surface area contributed by atoms with E-state index in [9.17, 15) is 18.4 Å². The van der Waals surface area contributed by atoms with Gasteiger partial charge in [0.15, 0.2) is 11.2 Å². The Hall–Kier alpha value is -5.52. The molecule has 2 amide bonds. The van der Waals surface area contributed by atoms with Crippen molar-refractivity contribution in [2.45, 2.75) is 66.6 Å². The van der Waals surface area contributed by atoms with E-state index in [1.807, 2.05) is 45.0 Å². The Balaban J connectivity index is 0.000000144. The van der Waals surface area contributed by atoms with E-state index in [1.165, 1.54) is 46.9 Å². The minimum Gasteiger partial charge on any atom is -0.399 e. The number of nitrogens with zero attached hydrogens (tertiary/aromatic N) is 2.